The summed E-state index contributed by atoms with van der Waals surface area (Å²) in [5, 5.41) is 4.47. The third-order valence-electron chi connectivity index (χ3n) is 5.16. The molecule has 0 radical (unpaired) electrons. The van der Waals surface area contributed by atoms with E-state index >= 15 is 0 Å². The smallest absolute Gasteiger partial charge is 0.170 e. The summed E-state index contributed by atoms with van der Waals surface area (Å²) in [4.78, 5) is 9.84. The van der Waals surface area contributed by atoms with Crippen LogP contribution in [0.25, 0.3) is 0 Å². The lowest BCUT2D eigenvalue weighted by Crippen LogP contribution is -2.40. The van der Waals surface area contributed by atoms with Crippen molar-refractivity contribution >= 4 is 28.7 Å². The van der Waals surface area contributed by atoms with E-state index in [-0.39, 0.29) is 12.1 Å². The molecule has 4 rings (SSSR count). The lowest BCUT2D eigenvalue weighted by molar-refractivity contribution is 0.199. The van der Waals surface area contributed by atoms with Gasteiger partial charge in [0.15, 0.2) is 5.11 Å². The summed E-state index contributed by atoms with van der Waals surface area (Å²) in [6.07, 6.45) is 8.36. The lowest BCUT2D eigenvalue weighted by atomic mass is 9.92. The van der Waals surface area contributed by atoms with Crippen molar-refractivity contribution in [3.8, 4) is 0 Å². The van der Waals surface area contributed by atoms with E-state index in [0.29, 0.717) is 6.04 Å². The van der Waals surface area contributed by atoms with Gasteiger partial charge in [-0.1, -0.05) is 25.3 Å². The number of thiophene rings is 1. The maximum Gasteiger partial charge on any atom is 0.170 e. The highest BCUT2D eigenvalue weighted by molar-refractivity contribution is 7.80. The fourth-order valence-electron chi connectivity index (χ4n) is 4.03. The molecule has 2 fully saturated rings. The Hall–Kier alpha value is -1.46. The van der Waals surface area contributed by atoms with Crippen LogP contribution in [0.1, 0.15) is 59.6 Å². The summed E-state index contributed by atoms with van der Waals surface area (Å²) in [5.74, 6) is 0. The summed E-state index contributed by atoms with van der Waals surface area (Å²) in [7, 11) is 0. The molecular formula is C19H23N3S2. The lowest BCUT2D eigenvalue weighted by Gasteiger charge is -2.36. The standard InChI is InChI=1S/C19H23N3S2/c1-13-10-11-16(24-13)18-17(15-9-5-6-12-20-15)21-19(23)22(18)14-7-3-2-4-8-14/h5-6,9-12,14,17-18H,2-4,7-8H2,1H3,(H,21,23). The van der Waals surface area contributed by atoms with E-state index in [4.69, 9.17) is 12.2 Å². The van der Waals surface area contributed by atoms with Gasteiger partial charge < -0.3 is 10.2 Å². The van der Waals surface area contributed by atoms with Crippen molar-refractivity contribution in [1.82, 2.24) is 15.2 Å². The van der Waals surface area contributed by atoms with Crippen LogP contribution in [0, 0.1) is 6.92 Å². The average Bonchev–Trinajstić information content (AvgIpc) is 3.19. The summed E-state index contributed by atoms with van der Waals surface area (Å²) >= 11 is 7.66. The minimum atomic E-state index is 0.138. The summed E-state index contributed by atoms with van der Waals surface area (Å²) in [6.45, 7) is 2.18. The van der Waals surface area contributed by atoms with Gasteiger partial charge in [0, 0.05) is 22.0 Å². The van der Waals surface area contributed by atoms with E-state index in [1.165, 1.54) is 41.9 Å². The van der Waals surface area contributed by atoms with Crippen molar-refractivity contribution in [2.24, 2.45) is 0 Å². The third kappa shape index (κ3) is 2.95. The number of rotatable bonds is 3. The van der Waals surface area contributed by atoms with Gasteiger partial charge >= 0.3 is 0 Å². The molecule has 2 aromatic heterocycles. The van der Waals surface area contributed by atoms with Gasteiger partial charge in [-0.3, -0.25) is 4.98 Å². The quantitative estimate of drug-likeness (QED) is 0.802. The Morgan fingerprint density at radius 1 is 1.17 bits per heavy atom. The fourth-order valence-corrected chi connectivity index (χ4v) is 5.44. The molecule has 1 aliphatic carbocycles. The first-order valence-corrected chi connectivity index (χ1v) is 10.0. The minimum absolute atomic E-state index is 0.138. The first-order chi connectivity index (χ1) is 11.7. The molecule has 2 unspecified atom stereocenters. The predicted octanol–water partition coefficient (Wildman–Crippen LogP) is 4.76. The van der Waals surface area contributed by atoms with Crippen LogP contribution in [-0.2, 0) is 0 Å². The molecule has 3 nitrogen and oxygen atoms in total. The van der Waals surface area contributed by atoms with Crippen LogP contribution in [0.2, 0.25) is 0 Å². The maximum absolute atomic E-state index is 5.77. The molecule has 0 bridgehead atoms. The Labute approximate surface area is 153 Å². The second-order valence-corrected chi connectivity index (χ2v) is 8.48. The SMILES string of the molecule is Cc1ccc(C2C(c3ccccn3)NC(=S)N2C2CCCCC2)s1. The highest BCUT2D eigenvalue weighted by Crippen LogP contribution is 2.44. The molecule has 2 aliphatic rings. The number of aromatic nitrogens is 1. The number of pyridine rings is 1. The van der Waals surface area contributed by atoms with Crippen molar-refractivity contribution in [2.45, 2.75) is 57.2 Å². The van der Waals surface area contributed by atoms with Gasteiger partial charge in [0.05, 0.1) is 17.8 Å². The van der Waals surface area contributed by atoms with E-state index in [1.807, 2.05) is 23.6 Å². The molecule has 0 aromatic carbocycles. The Morgan fingerprint density at radius 3 is 2.67 bits per heavy atom. The molecule has 2 atom stereocenters. The summed E-state index contributed by atoms with van der Waals surface area (Å²) in [5.41, 5.74) is 1.08. The van der Waals surface area contributed by atoms with E-state index < -0.39 is 0 Å². The van der Waals surface area contributed by atoms with Crippen LogP contribution in [0.5, 0.6) is 0 Å². The van der Waals surface area contributed by atoms with Crippen LogP contribution in [0.15, 0.2) is 36.5 Å². The Morgan fingerprint density at radius 2 is 2.00 bits per heavy atom. The monoisotopic (exact) mass is 357 g/mol. The van der Waals surface area contributed by atoms with Gasteiger partial charge in [0.2, 0.25) is 0 Å². The molecule has 126 valence electrons. The molecule has 0 spiro atoms. The molecule has 3 heterocycles. The number of nitrogens with zero attached hydrogens (tertiary/aromatic N) is 2. The highest BCUT2D eigenvalue weighted by atomic mass is 32.1. The largest absolute Gasteiger partial charge is 0.352 e. The topological polar surface area (TPSA) is 28.2 Å². The van der Waals surface area contributed by atoms with Gasteiger partial charge in [-0.15, -0.1) is 11.3 Å². The maximum atomic E-state index is 5.77. The van der Waals surface area contributed by atoms with E-state index in [2.05, 4.69) is 46.4 Å². The molecule has 1 saturated heterocycles. The Balaban J connectivity index is 1.73. The second kappa shape index (κ2) is 6.81. The molecular weight excluding hydrogens is 334 g/mol. The minimum Gasteiger partial charge on any atom is -0.352 e. The fraction of sp³-hybridized carbons (Fsp3) is 0.474. The molecule has 0 amide bonds. The Bertz CT molecular complexity index is 706. The molecule has 5 heteroatoms. The third-order valence-corrected chi connectivity index (χ3v) is 6.56. The van der Waals surface area contributed by atoms with E-state index in [1.54, 1.807) is 0 Å². The zero-order chi connectivity index (χ0) is 16.5. The van der Waals surface area contributed by atoms with Crippen LogP contribution >= 0.6 is 23.6 Å². The Kier molecular flexibility index (Phi) is 4.55. The van der Waals surface area contributed by atoms with Crippen molar-refractivity contribution in [3.05, 3.63) is 52.0 Å². The van der Waals surface area contributed by atoms with Crippen LogP contribution in [-0.4, -0.2) is 21.0 Å². The molecule has 1 aliphatic heterocycles. The normalized spacial score (nSPS) is 25.0. The zero-order valence-corrected chi connectivity index (χ0v) is 15.6. The molecule has 24 heavy (non-hydrogen) atoms. The number of hydrogen-bond donors (Lipinski definition) is 1. The predicted molar refractivity (Wildman–Crippen MR) is 103 cm³/mol. The van der Waals surface area contributed by atoms with Gasteiger partial charge in [-0.05, 0) is 56.2 Å². The highest BCUT2D eigenvalue weighted by Gasteiger charge is 2.43. The van der Waals surface area contributed by atoms with E-state index in [0.717, 1.165) is 10.8 Å². The van der Waals surface area contributed by atoms with Gasteiger partial charge in [0.1, 0.15) is 0 Å². The molecule has 1 N–H and O–H groups in total. The summed E-state index contributed by atoms with van der Waals surface area (Å²) < 4.78 is 0. The zero-order valence-electron chi connectivity index (χ0n) is 13.9. The van der Waals surface area contributed by atoms with Crippen molar-refractivity contribution in [1.29, 1.82) is 0 Å². The first kappa shape index (κ1) is 16.0. The van der Waals surface area contributed by atoms with E-state index in [9.17, 15) is 0 Å². The van der Waals surface area contributed by atoms with Crippen LogP contribution in [0.3, 0.4) is 0 Å². The van der Waals surface area contributed by atoms with Gasteiger partial charge in [-0.25, -0.2) is 0 Å². The second-order valence-electron chi connectivity index (χ2n) is 6.77. The first-order valence-electron chi connectivity index (χ1n) is 8.80. The number of aryl methyl sites for hydroxylation is 1. The number of hydrogen-bond acceptors (Lipinski definition) is 3. The molecule has 2 aromatic rings. The molecule has 1 saturated carbocycles. The van der Waals surface area contributed by atoms with Crippen molar-refractivity contribution < 1.29 is 0 Å². The van der Waals surface area contributed by atoms with Gasteiger partial charge in [0.25, 0.3) is 0 Å². The number of thiocarbonyl (C=S) groups is 1. The van der Waals surface area contributed by atoms with Crippen LogP contribution < -0.4 is 5.32 Å². The number of nitrogens with one attached hydrogen (secondary N) is 1. The van der Waals surface area contributed by atoms with Gasteiger partial charge in [-0.2, -0.15) is 0 Å². The van der Waals surface area contributed by atoms with Crippen LogP contribution in [0.4, 0.5) is 0 Å². The average molecular weight is 358 g/mol. The summed E-state index contributed by atoms with van der Waals surface area (Å²) in [6, 6.07) is 11.6. The van der Waals surface area contributed by atoms with Crippen molar-refractivity contribution in [2.75, 3.05) is 0 Å². The van der Waals surface area contributed by atoms with Crippen molar-refractivity contribution in [3.63, 3.8) is 0 Å².